The number of rotatable bonds is 7. The van der Waals surface area contributed by atoms with Crippen molar-refractivity contribution in [2.45, 2.75) is 26.8 Å². The van der Waals surface area contributed by atoms with E-state index in [9.17, 15) is 0 Å². The van der Waals surface area contributed by atoms with Gasteiger partial charge < -0.3 is 14.8 Å². The Morgan fingerprint density at radius 2 is 1.77 bits per heavy atom. The van der Waals surface area contributed by atoms with Crippen LogP contribution in [0.1, 0.15) is 25.0 Å². The first-order chi connectivity index (χ1) is 10.7. The summed E-state index contributed by atoms with van der Waals surface area (Å²) in [5, 5.41) is 3.96. The maximum absolute atomic E-state index is 6.28. The number of hydrogen-bond acceptors (Lipinski definition) is 3. The first kappa shape index (κ1) is 16.5. The Balaban J connectivity index is 2.10. The molecule has 22 heavy (non-hydrogen) atoms. The summed E-state index contributed by atoms with van der Waals surface area (Å²) in [4.78, 5) is 0. The molecule has 0 bridgehead atoms. The van der Waals surface area contributed by atoms with Crippen LogP contribution in [0, 0.1) is 0 Å². The van der Waals surface area contributed by atoms with E-state index in [0.717, 1.165) is 17.7 Å². The molecule has 0 atom stereocenters. The van der Waals surface area contributed by atoms with Crippen LogP contribution in [0.15, 0.2) is 36.4 Å². The lowest BCUT2D eigenvalue weighted by molar-refractivity contribution is 0.311. The minimum absolute atomic E-state index is 0.553. The van der Waals surface area contributed by atoms with Crippen LogP contribution in [0.25, 0.3) is 0 Å². The Morgan fingerprint density at radius 1 is 1.05 bits per heavy atom. The van der Waals surface area contributed by atoms with Crippen LogP contribution in [-0.4, -0.2) is 13.7 Å². The fourth-order valence-electron chi connectivity index (χ4n) is 2.22. The van der Waals surface area contributed by atoms with E-state index in [-0.39, 0.29) is 0 Å². The van der Waals surface area contributed by atoms with Crippen molar-refractivity contribution in [1.29, 1.82) is 0 Å². The molecule has 0 fully saturated rings. The Hall–Kier alpha value is -1.87. The molecule has 4 heteroatoms. The maximum Gasteiger partial charge on any atom is 0.179 e. The quantitative estimate of drug-likeness (QED) is 0.785. The minimum atomic E-state index is 0.553. The molecule has 0 aliphatic heterocycles. The van der Waals surface area contributed by atoms with E-state index in [1.165, 1.54) is 5.56 Å². The molecular weight excluding hydrogens is 298 g/mol. The van der Waals surface area contributed by atoms with E-state index in [4.69, 9.17) is 21.1 Å². The van der Waals surface area contributed by atoms with Crippen molar-refractivity contribution in [3.63, 3.8) is 0 Å². The van der Waals surface area contributed by atoms with Crippen molar-refractivity contribution in [3.8, 4) is 11.5 Å². The van der Waals surface area contributed by atoms with E-state index in [1.807, 2.05) is 19.1 Å². The highest BCUT2D eigenvalue weighted by Crippen LogP contribution is 2.36. The molecule has 118 valence electrons. The van der Waals surface area contributed by atoms with Gasteiger partial charge in [0, 0.05) is 12.2 Å². The third-order valence-corrected chi connectivity index (χ3v) is 3.72. The first-order valence-electron chi connectivity index (χ1n) is 7.50. The molecule has 2 rings (SSSR count). The van der Waals surface area contributed by atoms with Gasteiger partial charge in [0.2, 0.25) is 0 Å². The molecule has 0 aliphatic rings. The fraction of sp³-hybridized carbons (Fsp3) is 0.333. The van der Waals surface area contributed by atoms with Gasteiger partial charge in [0.15, 0.2) is 11.5 Å². The monoisotopic (exact) mass is 319 g/mol. The van der Waals surface area contributed by atoms with Gasteiger partial charge in [-0.25, -0.2) is 0 Å². The fourth-order valence-corrected chi connectivity index (χ4v) is 2.51. The number of ether oxygens (including phenoxy) is 2. The van der Waals surface area contributed by atoms with Gasteiger partial charge in [-0.2, -0.15) is 0 Å². The van der Waals surface area contributed by atoms with Gasteiger partial charge in [0.1, 0.15) is 0 Å². The maximum atomic E-state index is 6.28. The highest BCUT2D eigenvalue weighted by molar-refractivity contribution is 6.32. The number of nitrogens with one attached hydrogen (secondary N) is 1. The lowest BCUT2D eigenvalue weighted by Crippen LogP contribution is -2.02. The molecule has 0 aliphatic carbocycles. The molecule has 0 aromatic heterocycles. The molecule has 1 N–H and O–H groups in total. The minimum Gasteiger partial charge on any atom is -0.493 e. The summed E-state index contributed by atoms with van der Waals surface area (Å²) < 4.78 is 10.9. The van der Waals surface area contributed by atoms with Crippen LogP contribution in [-0.2, 0) is 13.0 Å². The van der Waals surface area contributed by atoms with Crippen molar-refractivity contribution in [3.05, 3.63) is 52.5 Å². The Morgan fingerprint density at radius 3 is 2.36 bits per heavy atom. The second-order valence-corrected chi connectivity index (χ2v) is 5.35. The number of anilines is 1. The summed E-state index contributed by atoms with van der Waals surface area (Å²) in [7, 11) is 1.62. The molecule has 0 saturated carbocycles. The zero-order valence-corrected chi connectivity index (χ0v) is 14.0. The van der Waals surface area contributed by atoms with Gasteiger partial charge in [-0.15, -0.1) is 0 Å². The standard InChI is InChI=1S/C18H22ClNO2/c1-4-13-6-8-15(9-7-13)20-12-14-10-16(19)18(22-5-2)17(11-14)21-3/h6-11,20H,4-5,12H2,1-3H3. The third-order valence-electron chi connectivity index (χ3n) is 3.44. The Kier molecular flexibility index (Phi) is 5.96. The van der Waals surface area contributed by atoms with E-state index in [1.54, 1.807) is 7.11 Å². The van der Waals surface area contributed by atoms with Gasteiger partial charge in [-0.3, -0.25) is 0 Å². The van der Waals surface area contributed by atoms with Gasteiger partial charge >= 0.3 is 0 Å². The topological polar surface area (TPSA) is 30.5 Å². The second kappa shape index (κ2) is 7.95. The first-order valence-corrected chi connectivity index (χ1v) is 7.87. The Labute approximate surface area is 137 Å². The van der Waals surface area contributed by atoms with E-state index < -0.39 is 0 Å². The molecule has 0 spiro atoms. The largest absolute Gasteiger partial charge is 0.493 e. The molecule has 2 aromatic rings. The smallest absolute Gasteiger partial charge is 0.179 e. The van der Waals surface area contributed by atoms with Crippen LogP contribution < -0.4 is 14.8 Å². The molecular formula is C18H22ClNO2. The Bertz CT molecular complexity index is 611. The molecule has 0 unspecified atom stereocenters. The van der Waals surface area contributed by atoms with E-state index in [0.29, 0.717) is 29.7 Å². The number of benzene rings is 2. The number of halogens is 1. The zero-order valence-electron chi connectivity index (χ0n) is 13.3. The van der Waals surface area contributed by atoms with E-state index >= 15 is 0 Å². The van der Waals surface area contributed by atoms with Crippen molar-refractivity contribution in [1.82, 2.24) is 0 Å². The lowest BCUT2D eigenvalue weighted by atomic mass is 10.1. The van der Waals surface area contributed by atoms with Gasteiger partial charge in [0.25, 0.3) is 0 Å². The van der Waals surface area contributed by atoms with Crippen molar-refractivity contribution in [2.75, 3.05) is 19.0 Å². The van der Waals surface area contributed by atoms with Crippen LogP contribution in [0.3, 0.4) is 0 Å². The highest BCUT2D eigenvalue weighted by atomic mass is 35.5. The lowest BCUT2D eigenvalue weighted by Gasteiger charge is -2.14. The van der Waals surface area contributed by atoms with Crippen LogP contribution in [0.4, 0.5) is 5.69 Å². The van der Waals surface area contributed by atoms with Crippen molar-refractivity contribution < 1.29 is 9.47 Å². The summed E-state index contributed by atoms with van der Waals surface area (Å²) in [6.07, 6.45) is 1.05. The summed E-state index contributed by atoms with van der Waals surface area (Å²) in [6.45, 7) is 5.30. The SMILES string of the molecule is CCOc1c(Cl)cc(CNc2ccc(CC)cc2)cc1OC. The number of methoxy groups -OCH3 is 1. The van der Waals surface area contributed by atoms with Crippen molar-refractivity contribution >= 4 is 17.3 Å². The third kappa shape index (κ3) is 4.08. The van der Waals surface area contributed by atoms with Crippen LogP contribution >= 0.6 is 11.6 Å². The zero-order chi connectivity index (χ0) is 15.9. The summed E-state index contributed by atoms with van der Waals surface area (Å²) in [5.74, 6) is 1.26. The van der Waals surface area contributed by atoms with E-state index in [2.05, 4.69) is 36.5 Å². The molecule has 2 aromatic carbocycles. The number of aryl methyl sites for hydroxylation is 1. The highest BCUT2D eigenvalue weighted by Gasteiger charge is 2.11. The summed E-state index contributed by atoms with van der Waals surface area (Å²) in [6, 6.07) is 12.3. The summed E-state index contributed by atoms with van der Waals surface area (Å²) in [5.41, 5.74) is 3.46. The second-order valence-electron chi connectivity index (χ2n) is 4.95. The molecule has 0 amide bonds. The molecule has 0 heterocycles. The van der Waals surface area contributed by atoms with Crippen molar-refractivity contribution in [2.24, 2.45) is 0 Å². The van der Waals surface area contributed by atoms with Gasteiger partial charge in [-0.05, 0) is 48.7 Å². The predicted molar refractivity (Wildman–Crippen MR) is 92.3 cm³/mol. The molecule has 3 nitrogen and oxygen atoms in total. The van der Waals surface area contributed by atoms with Crippen LogP contribution in [0.5, 0.6) is 11.5 Å². The normalized spacial score (nSPS) is 10.4. The van der Waals surface area contributed by atoms with Gasteiger partial charge in [-0.1, -0.05) is 30.7 Å². The molecule has 0 radical (unpaired) electrons. The average molecular weight is 320 g/mol. The number of hydrogen-bond donors (Lipinski definition) is 1. The molecule has 0 saturated heterocycles. The van der Waals surface area contributed by atoms with Crippen LogP contribution in [0.2, 0.25) is 5.02 Å². The predicted octanol–water partition coefficient (Wildman–Crippen LogP) is 4.92. The average Bonchev–Trinajstić information content (AvgIpc) is 2.55. The van der Waals surface area contributed by atoms with Gasteiger partial charge in [0.05, 0.1) is 18.7 Å². The summed E-state index contributed by atoms with van der Waals surface area (Å²) >= 11 is 6.28.